The molecule has 0 aliphatic rings. The van der Waals surface area contributed by atoms with Crippen LogP contribution in [0, 0.1) is 0 Å². The lowest BCUT2D eigenvalue weighted by atomic mass is 10.1. The topological polar surface area (TPSA) is 48.1 Å². The fourth-order valence-electron chi connectivity index (χ4n) is 1.82. The molecule has 0 saturated heterocycles. The number of ether oxygens (including phenoxy) is 1. The number of nitrogens with zero attached hydrogens (tertiary/aromatic N) is 1. The van der Waals surface area contributed by atoms with Gasteiger partial charge in [-0.3, -0.25) is 4.98 Å². The molecule has 3 nitrogen and oxygen atoms in total. The third-order valence-electron chi connectivity index (χ3n) is 2.80. The highest BCUT2D eigenvalue weighted by Crippen LogP contribution is 2.27. The van der Waals surface area contributed by atoms with Gasteiger partial charge in [0, 0.05) is 34.4 Å². The van der Waals surface area contributed by atoms with Crippen LogP contribution in [0.25, 0.3) is 0 Å². The Kier molecular flexibility index (Phi) is 4.93. The Morgan fingerprint density at radius 2 is 2.16 bits per heavy atom. The lowest BCUT2D eigenvalue weighted by Crippen LogP contribution is -2.10. The molecule has 1 aromatic carbocycles. The number of rotatable bonds is 5. The van der Waals surface area contributed by atoms with Crippen molar-refractivity contribution >= 4 is 15.9 Å². The molecule has 2 rings (SSSR count). The van der Waals surface area contributed by atoms with Gasteiger partial charge >= 0.3 is 0 Å². The summed E-state index contributed by atoms with van der Waals surface area (Å²) in [6, 6.07) is 11.7. The minimum Gasteiger partial charge on any atom is -0.493 e. The second kappa shape index (κ2) is 6.68. The van der Waals surface area contributed by atoms with E-state index in [-0.39, 0.29) is 6.04 Å². The molecule has 0 bridgehead atoms. The zero-order chi connectivity index (χ0) is 13.7. The first-order chi connectivity index (χ1) is 9.16. The van der Waals surface area contributed by atoms with Crippen molar-refractivity contribution < 1.29 is 4.74 Å². The first kappa shape index (κ1) is 14.0. The molecular formula is C15H17BrN2O. The summed E-state index contributed by atoms with van der Waals surface area (Å²) in [4.78, 5) is 4.27. The molecule has 19 heavy (non-hydrogen) atoms. The predicted molar refractivity (Wildman–Crippen MR) is 80.2 cm³/mol. The minimum absolute atomic E-state index is 0.0534. The maximum absolute atomic E-state index is 5.95. The van der Waals surface area contributed by atoms with E-state index in [0.29, 0.717) is 6.61 Å². The fraction of sp³-hybridized carbons (Fsp3) is 0.267. The van der Waals surface area contributed by atoms with Crippen LogP contribution >= 0.6 is 15.9 Å². The third kappa shape index (κ3) is 4.04. The van der Waals surface area contributed by atoms with E-state index in [1.54, 1.807) is 6.20 Å². The lowest BCUT2D eigenvalue weighted by molar-refractivity contribution is 0.315. The molecule has 0 fully saturated rings. The summed E-state index contributed by atoms with van der Waals surface area (Å²) in [5.41, 5.74) is 7.99. The highest BCUT2D eigenvalue weighted by Gasteiger charge is 2.08. The summed E-state index contributed by atoms with van der Waals surface area (Å²) >= 11 is 3.45. The average molecular weight is 321 g/mol. The van der Waals surface area contributed by atoms with Crippen LogP contribution in [0.2, 0.25) is 0 Å². The maximum Gasteiger partial charge on any atom is 0.124 e. The Hall–Kier alpha value is -1.39. The lowest BCUT2D eigenvalue weighted by Gasteiger charge is -2.14. The number of halogens is 1. The van der Waals surface area contributed by atoms with Crippen LogP contribution in [0.4, 0.5) is 0 Å². The Balaban J connectivity index is 2.00. The van der Waals surface area contributed by atoms with E-state index in [4.69, 9.17) is 10.5 Å². The summed E-state index contributed by atoms with van der Waals surface area (Å²) in [5, 5.41) is 0. The quantitative estimate of drug-likeness (QED) is 0.917. The van der Waals surface area contributed by atoms with Crippen LogP contribution in [0.3, 0.4) is 0 Å². The summed E-state index contributed by atoms with van der Waals surface area (Å²) < 4.78 is 6.83. The molecule has 0 spiro atoms. The van der Waals surface area contributed by atoms with E-state index in [1.165, 1.54) is 0 Å². The van der Waals surface area contributed by atoms with Gasteiger partial charge in [0.15, 0.2) is 0 Å². The van der Waals surface area contributed by atoms with Crippen LogP contribution in [-0.4, -0.2) is 11.6 Å². The number of hydrogen-bond acceptors (Lipinski definition) is 3. The smallest absolute Gasteiger partial charge is 0.124 e. The maximum atomic E-state index is 5.95. The van der Waals surface area contributed by atoms with Gasteiger partial charge in [0.2, 0.25) is 0 Å². The monoisotopic (exact) mass is 320 g/mol. The molecule has 0 unspecified atom stereocenters. The molecule has 1 aromatic heterocycles. The van der Waals surface area contributed by atoms with E-state index < -0.39 is 0 Å². The third-order valence-corrected chi connectivity index (χ3v) is 3.30. The molecule has 0 aliphatic carbocycles. The van der Waals surface area contributed by atoms with Crippen molar-refractivity contribution in [2.45, 2.75) is 19.4 Å². The fourth-order valence-corrected chi connectivity index (χ4v) is 2.20. The molecule has 4 heteroatoms. The number of aromatic nitrogens is 1. The van der Waals surface area contributed by atoms with Gasteiger partial charge in [0.1, 0.15) is 5.75 Å². The predicted octanol–water partition coefficient (Wildman–Crippen LogP) is 3.49. The van der Waals surface area contributed by atoms with Crippen LogP contribution in [0.1, 0.15) is 24.2 Å². The van der Waals surface area contributed by atoms with Gasteiger partial charge in [-0.2, -0.15) is 0 Å². The molecule has 0 radical (unpaired) electrons. The van der Waals surface area contributed by atoms with Gasteiger partial charge in [-0.25, -0.2) is 0 Å². The SMILES string of the molecule is C[C@@H](N)c1cc(Br)ccc1OCCc1ccccn1. The first-order valence-corrected chi connectivity index (χ1v) is 7.04. The van der Waals surface area contributed by atoms with Gasteiger partial charge in [0.05, 0.1) is 6.61 Å². The summed E-state index contributed by atoms with van der Waals surface area (Å²) in [6.45, 7) is 2.55. The van der Waals surface area contributed by atoms with Crippen molar-refractivity contribution in [1.29, 1.82) is 0 Å². The van der Waals surface area contributed by atoms with Gasteiger partial charge < -0.3 is 10.5 Å². The van der Waals surface area contributed by atoms with Crippen LogP contribution in [0.15, 0.2) is 47.1 Å². The van der Waals surface area contributed by atoms with Gasteiger partial charge in [-0.15, -0.1) is 0 Å². The van der Waals surface area contributed by atoms with Crippen LogP contribution in [0.5, 0.6) is 5.75 Å². The highest BCUT2D eigenvalue weighted by molar-refractivity contribution is 9.10. The van der Waals surface area contributed by atoms with Crippen molar-refractivity contribution in [2.75, 3.05) is 6.61 Å². The number of nitrogens with two attached hydrogens (primary N) is 1. The molecular weight excluding hydrogens is 304 g/mol. The molecule has 2 N–H and O–H groups in total. The Morgan fingerprint density at radius 1 is 1.32 bits per heavy atom. The van der Waals surface area contributed by atoms with Crippen molar-refractivity contribution in [3.8, 4) is 5.75 Å². The van der Waals surface area contributed by atoms with Crippen molar-refractivity contribution in [3.05, 3.63) is 58.3 Å². The van der Waals surface area contributed by atoms with Gasteiger partial charge in [0.25, 0.3) is 0 Å². The Labute approximate surface area is 121 Å². The number of benzene rings is 1. The molecule has 0 amide bonds. The Bertz CT molecular complexity index is 529. The van der Waals surface area contributed by atoms with Crippen molar-refractivity contribution in [3.63, 3.8) is 0 Å². The largest absolute Gasteiger partial charge is 0.493 e. The van der Waals surface area contributed by atoms with Crippen LogP contribution in [-0.2, 0) is 6.42 Å². The zero-order valence-electron chi connectivity index (χ0n) is 10.8. The summed E-state index contributed by atoms with van der Waals surface area (Å²) in [5.74, 6) is 0.842. The van der Waals surface area contributed by atoms with Crippen LogP contribution < -0.4 is 10.5 Å². The number of hydrogen-bond donors (Lipinski definition) is 1. The molecule has 100 valence electrons. The molecule has 2 aromatic rings. The molecule has 0 saturated carbocycles. The van der Waals surface area contributed by atoms with Crippen molar-refractivity contribution in [1.82, 2.24) is 4.98 Å². The van der Waals surface area contributed by atoms with Crippen molar-refractivity contribution in [2.24, 2.45) is 5.73 Å². The minimum atomic E-state index is -0.0534. The Morgan fingerprint density at radius 3 is 2.84 bits per heavy atom. The first-order valence-electron chi connectivity index (χ1n) is 6.24. The zero-order valence-corrected chi connectivity index (χ0v) is 12.4. The van der Waals surface area contributed by atoms with E-state index in [1.807, 2.05) is 43.3 Å². The standard InChI is InChI=1S/C15H17BrN2O/c1-11(17)14-10-12(16)5-6-15(14)19-9-7-13-4-2-3-8-18-13/h2-6,8,10-11H,7,9,17H2,1H3/t11-/m1/s1. The van der Waals surface area contributed by atoms with E-state index >= 15 is 0 Å². The number of pyridine rings is 1. The highest BCUT2D eigenvalue weighted by atomic mass is 79.9. The average Bonchev–Trinajstić information content (AvgIpc) is 2.41. The second-order valence-electron chi connectivity index (χ2n) is 4.39. The summed E-state index contributed by atoms with van der Waals surface area (Å²) in [6.07, 6.45) is 2.58. The second-order valence-corrected chi connectivity index (χ2v) is 5.31. The normalized spacial score (nSPS) is 12.2. The molecule has 1 heterocycles. The van der Waals surface area contributed by atoms with E-state index in [9.17, 15) is 0 Å². The summed E-state index contributed by atoms with van der Waals surface area (Å²) in [7, 11) is 0. The molecule has 1 atom stereocenters. The van der Waals surface area contributed by atoms with E-state index in [2.05, 4.69) is 20.9 Å². The van der Waals surface area contributed by atoms with Gasteiger partial charge in [-0.05, 0) is 37.3 Å². The van der Waals surface area contributed by atoms with Gasteiger partial charge in [-0.1, -0.05) is 22.0 Å². The molecule has 0 aliphatic heterocycles. The van der Waals surface area contributed by atoms with E-state index in [0.717, 1.165) is 27.9 Å².